The van der Waals surface area contributed by atoms with Gasteiger partial charge in [-0.05, 0) is 29.8 Å². The molecule has 0 saturated carbocycles. The summed E-state index contributed by atoms with van der Waals surface area (Å²) < 4.78 is 0. The molecule has 0 radical (unpaired) electrons. The van der Waals surface area contributed by atoms with Gasteiger partial charge < -0.3 is 10.1 Å². The molecule has 6 nitrogen and oxygen atoms in total. The fourth-order valence-electron chi connectivity index (χ4n) is 3.17. The molecule has 0 atom stereocenters. The molecule has 2 aromatic heterocycles. The zero-order valence-electron chi connectivity index (χ0n) is 13.9. The summed E-state index contributed by atoms with van der Waals surface area (Å²) in [6, 6.07) is 8.61. The minimum Gasteiger partial charge on any atom is -0.508 e. The number of phenolic OH excluding ortho intramolecular Hbond substituents is 1. The fraction of sp³-hybridized carbons (Fsp3) is 0.211. The Balaban J connectivity index is 1.58. The van der Waals surface area contributed by atoms with Gasteiger partial charge in [-0.2, -0.15) is 0 Å². The minimum absolute atomic E-state index is 0.108. The zero-order chi connectivity index (χ0) is 18.1. The number of nitrogens with zero attached hydrogens (tertiary/aromatic N) is 3. The van der Waals surface area contributed by atoms with E-state index in [1.54, 1.807) is 18.5 Å². The van der Waals surface area contributed by atoms with Crippen LogP contribution in [-0.2, 0) is 19.5 Å². The lowest BCUT2D eigenvalue weighted by Crippen LogP contribution is -2.35. The summed E-state index contributed by atoms with van der Waals surface area (Å²) in [5.74, 6) is 0.721. The maximum Gasteiger partial charge on any atom is 0.255 e. The molecule has 26 heavy (non-hydrogen) atoms. The molecule has 0 unspecified atom stereocenters. The molecule has 1 aromatic carbocycles. The molecule has 3 heterocycles. The van der Waals surface area contributed by atoms with Crippen LogP contribution in [0.2, 0.25) is 5.02 Å². The van der Waals surface area contributed by atoms with E-state index in [0.717, 1.165) is 23.4 Å². The van der Waals surface area contributed by atoms with Crippen molar-refractivity contribution >= 4 is 11.6 Å². The number of pyridine rings is 1. The number of aromatic amines is 1. The molecule has 0 bridgehead atoms. The molecule has 2 N–H and O–H groups in total. The molecule has 132 valence electrons. The molecule has 1 aliphatic heterocycles. The van der Waals surface area contributed by atoms with E-state index >= 15 is 0 Å². The highest BCUT2D eigenvalue weighted by Crippen LogP contribution is 2.25. The summed E-state index contributed by atoms with van der Waals surface area (Å²) in [6.45, 7) is 1.92. The monoisotopic (exact) mass is 368 g/mol. The predicted octanol–water partition coefficient (Wildman–Crippen LogP) is 2.75. The Morgan fingerprint density at radius 3 is 2.81 bits per heavy atom. The Morgan fingerprint density at radius 1 is 1.23 bits per heavy atom. The van der Waals surface area contributed by atoms with Gasteiger partial charge in [0.05, 0.1) is 11.3 Å². The lowest BCUT2D eigenvalue weighted by molar-refractivity contribution is 0.242. The Hall–Kier alpha value is -2.70. The molecular formula is C19H17ClN4O2. The van der Waals surface area contributed by atoms with E-state index in [1.165, 1.54) is 6.07 Å². The zero-order valence-corrected chi connectivity index (χ0v) is 14.7. The smallest absolute Gasteiger partial charge is 0.255 e. The second-order valence-electron chi connectivity index (χ2n) is 6.31. The number of benzene rings is 1. The number of phenols is 1. The first-order valence-electron chi connectivity index (χ1n) is 8.32. The third-order valence-corrected chi connectivity index (χ3v) is 4.88. The third-order valence-electron chi connectivity index (χ3n) is 4.53. The van der Waals surface area contributed by atoms with Crippen LogP contribution in [0.25, 0.3) is 11.4 Å². The number of hydrogen-bond acceptors (Lipinski definition) is 5. The molecule has 1 aliphatic rings. The molecule has 0 amide bonds. The summed E-state index contributed by atoms with van der Waals surface area (Å²) in [4.78, 5) is 26.2. The highest BCUT2D eigenvalue weighted by atomic mass is 35.5. The van der Waals surface area contributed by atoms with Gasteiger partial charge in [-0.15, -0.1) is 0 Å². The second kappa shape index (κ2) is 6.90. The maximum absolute atomic E-state index is 12.6. The van der Waals surface area contributed by atoms with Gasteiger partial charge in [0, 0.05) is 49.0 Å². The number of H-pyrrole nitrogens is 1. The largest absolute Gasteiger partial charge is 0.508 e. The normalized spacial score (nSPS) is 14.2. The number of hydrogen-bond donors (Lipinski definition) is 2. The third kappa shape index (κ3) is 3.34. The van der Waals surface area contributed by atoms with Crippen molar-refractivity contribution in [2.24, 2.45) is 0 Å². The van der Waals surface area contributed by atoms with Gasteiger partial charge in [-0.3, -0.25) is 14.7 Å². The first-order valence-corrected chi connectivity index (χ1v) is 8.70. The van der Waals surface area contributed by atoms with E-state index in [1.807, 2.05) is 18.2 Å². The van der Waals surface area contributed by atoms with Crippen LogP contribution in [0.4, 0.5) is 0 Å². The SMILES string of the molecule is O=c1[nH]c(-c2ccncc2)nc2c1CN(Cc1ccc(O)cc1Cl)CC2. The summed E-state index contributed by atoms with van der Waals surface area (Å²) in [5, 5.41) is 10.00. The summed E-state index contributed by atoms with van der Waals surface area (Å²) >= 11 is 6.20. The first kappa shape index (κ1) is 16.8. The van der Waals surface area contributed by atoms with Crippen LogP contribution in [0.5, 0.6) is 5.75 Å². The quantitative estimate of drug-likeness (QED) is 0.742. The Kier molecular flexibility index (Phi) is 4.44. The predicted molar refractivity (Wildman–Crippen MR) is 99.0 cm³/mol. The van der Waals surface area contributed by atoms with Crippen molar-refractivity contribution in [3.8, 4) is 17.1 Å². The van der Waals surface area contributed by atoms with E-state index < -0.39 is 0 Å². The molecular weight excluding hydrogens is 352 g/mol. The van der Waals surface area contributed by atoms with Crippen molar-refractivity contribution in [1.82, 2.24) is 19.9 Å². The van der Waals surface area contributed by atoms with E-state index in [0.29, 0.717) is 35.9 Å². The van der Waals surface area contributed by atoms with Crippen molar-refractivity contribution in [2.75, 3.05) is 6.54 Å². The van der Waals surface area contributed by atoms with Gasteiger partial charge in [0.25, 0.3) is 5.56 Å². The number of halogens is 1. The van der Waals surface area contributed by atoms with Crippen LogP contribution < -0.4 is 5.56 Å². The van der Waals surface area contributed by atoms with Crippen molar-refractivity contribution < 1.29 is 5.11 Å². The van der Waals surface area contributed by atoms with Crippen molar-refractivity contribution in [3.05, 3.63) is 74.9 Å². The van der Waals surface area contributed by atoms with E-state index in [9.17, 15) is 9.90 Å². The molecule has 0 spiro atoms. The number of rotatable bonds is 3. The molecule has 0 fully saturated rings. The number of nitrogens with one attached hydrogen (secondary N) is 1. The molecule has 4 rings (SSSR count). The Labute approximate surface area is 155 Å². The van der Waals surface area contributed by atoms with Gasteiger partial charge in [-0.25, -0.2) is 4.98 Å². The maximum atomic E-state index is 12.6. The Bertz CT molecular complexity index is 1000. The van der Waals surface area contributed by atoms with Crippen molar-refractivity contribution in [2.45, 2.75) is 19.5 Å². The van der Waals surface area contributed by atoms with Crippen LogP contribution in [0.15, 0.2) is 47.5 Å². The van der Waals surface area contributed by atoms with Crippen LogP contribution in [0, 0.1) is 0 Å². The number of aromatic nitrogens is 3. The van der Waals surface area contributed by atoms with Gasteiger partial charge in [0.1, 0.15) is 11.6 Å². The van der Waals surface area contributed by atoms with Gasteiger partial charge in [0.15, 0.2) is 0 Å². The Morgan fingerprint density at radius 2 is 2.04 bits per heavy atom. The van der Waals surface area contributed by atoms with Crippen LogP contribution in [0.3, 0.4) is 0 Å². The van der Waals surface area contributed by atoms with Crippen LogP contribution in [0.1, 0.15) is 16.8 Å². The lowest BCUT2D eigenvalue weighted by Gasteiger charge is -2.28. The van der Waals surface area contributed by atoms with Crippen molar-refractivity contribution in [3.63, 3.8) is 0 Å². The summed E-state index contributed by atoms with van der Waals surface area (Å²) in [7, 11) is 0. The number of fused-ring (bicyclic) bond motifs is 1. The molecule has 7 heteroatoms. The topological polar surface area (TPSA) is 82.1 Å². The molecule has 0 aliphatic carbocycles. The molecule has 0 saturated heterocycles. The van der Waals surface area contributed by atoms with Gasteiger partial charge in [0.2, 0.25) is 0 Å². The van der Waals surface area contributed by atoms with Crippen molar-refractivity contribution in [1.29, 1.82) is 0 Å². The number of aromatic hydroxyl groups is 1. The summed E-state index contributed by atoms with van der Waals surface area (Å²) in [5.41, 5.74) is 3.20. The van der Waals surface area contributed by atoms with E-state index in [-0.39, 0.29) is 11.3 Å². The standard InChI is InChI=1S/C19H17ClN4O2/c20-16-9-14(25)2-1-13(16)10-24-8-5-17-15(11-24)19(26)23-18(22-17)12-3-6-21-7-4-12/h1-4,6-7,9,25H,5,8,10-11H2,(H,22,23,26). The lowest BCUT2D eigenvalue weighted by atomic mass is 10.1. The highest BCUT2D eigenvalue weighted by Gasteiger charge is 2.22. The second-order valence-corrected chi connectivity index (χ2v) is 6.72. The average molecular weight is 369 g/mol. The van der Waals surface area contributed by atoms with E-state index in [4.69, 9.17) is 11.6 Å². The van der Waals surface area contributed by atoms with Gasteiger partial charge in [-0.1, -0.05) is 17.7 Å². The molecule has 3 aromatic rings. The van der Waals surface area contributed by atoms with E-state index in [2.05, 4.69) is 19.9 Å². The minimum atomic E-state index is -0.108. The summed E-state index contributed by atoms with van der Waals surface area (Å²) in [6.07, 6.45) is 4.06. The van der Waals surface area contributed by atoms with Crippen LogP contribution >= 0.6 is 11.6 Å². The first-order chi connectivity index (χ1) is 12.6. The fourth-order valence-corrected chi connectivity index (χ4v) is 3.40. The van der Waals surface area contributed by atoms with Crippen LogP contribution in [-0.4, -0.2) is 31.5 Å². The average Bonchev–Trinajstić information content (AvgIpc) is 2.65. The van der Waals surface area contributed by atoms with Gasteiger partial charge >= 0.3 is 0 Å². The highest BCUT2D eigenvalue weighted by molar-refractivity contribution is 6.31.